The second-order valence-corrected chi connectivity index (χ2v) is 9.04. The highest BCUT2D eigenvalue weighted by Crippen LogP contribution is 2.31. The van der Waals surface area contributed by atoms with E-state index in [1.165, 1.54) is 11.0 Å². The van der Waals surface area contributed by atoms with Gasteiger partial charge < -0.3 is 19.5 Å². The number of alkyl halides is 3. The molecule has 1 aliphatic rings. The average Bonchev–Trinajstić information content (AvgIpc) is 3.52. The number of benzene rings is 1. The molecule has 0 radical (unpaired) electrons. The summed E-state index contributed by atoms with van der Waals surface area (Å²) in [5.74, 6) is 0.848. The minimum atomic E-state index is -4.49. The fraction of sp³-hybridized carbons (Fsp3) is 0.280. The minimum absolute atomic E-state index is 0.148. The molecule has 200 valence electrons. The van der Waals surface area contributed by atoms with Gasteiger partial charge >= 0.3 is 6.18 Å². The van der Waals surface area contributed by atoms with Crippen LogP contribution >= 0.6 is 0 Å². The van der Waals surface area contributed by atoms with Crippen LogP contribution in [0, 0.1) is 6.92 Å². The highest BCUT2D eigenvalue weighted by atomic mass is 19.4. The zero-order valence-corrected chi connectivity index (χ0v) is 20.7. The number of fused-ring (bicyclic) bond motifs is 4. The van der Waals surface area contributed by atoms with Crippen molar-refractivity contribution in [1.29, 1.82) is 0 Å². The van der Waals surface area contributed by atoms with Gasteiger partial charge in [0.05, 0.1) is 16.6 Å². The zero-order valence-electron chi connectivity index (χ0n) is 20.7. The second kappa shape index (κ2) is 9.53. The second-order valence-electron chi connectivity index (χ2n) is 9.04. The van der Waals surface area contributed by atoms with E-state index in [1.807, 2.05) is 24.3 Å². The van der Waals surface area contributed by atoms with Crippen LogP contribution < -0.4 is 10.1 Å². The Morgan fingerprint density at radius 1 is 1.05 bits per heavy atom. The Morgan fingerprint density at radius 2 is 1.90 bits per heavy atom. The lowest BCUT2D eigenvalue weighted by atomic mass is 10.1. The van der Waals surface area contributed by atoms with Crippen molar-refractivity contribution in [3.8, 4) is 11.6 Å². The highest BCUT2D eigenvalue weighted by molar-refractivity contribution is 6.00. The molecule has 14 heteroatoms. The summed E-state index contributed by atoms with van der Waals surface area (Å²) in [6.07, 6.45) is -1.40. The first-order chi connectivity index (χ1) is 18.8. The molecule has 39 heavy (non-hydrogen) atoms. The van der Waals surface area contributed by atoms with E-state index in [9.17, 15) is 18.0 Å². The van der Waals surface area contributed by atoms with Crippen LogP contribution in [-0.4, -0.2) is 78.0 Å². The quantitative estimate of drug-likeness (QED) is 0.336. The van der Waals surface area contributed by atoms with E-state index >= 15 is 0 Å². The van der Waals surface area contributed by atoms with E-state index in [0.717, 1.165) is 16.5 Å². The highest BCUT2D eigenvalue weighted by Gasteiger charge is 2.31. The Kier molecular flexibility index (Phi) is 6.00. The Hall–Kier alpha value is -4.75. The summed E-state index contributed by atoms with van der Waals surface area (Å²) >= 11 is 0. The SMILES string of the molecule is Cc1nnn(-c2ccc3ccnc(NCCN4CCn5c(cc6c(OCC(F)(F)F)nccc65)C4=O)c3c2)n1. The molecule has 1 N–H and O–H groups in total. The molecule has 5 aromatic rings. The number of tetrazole rings is 1. The molecule has 0 bridgehead atoms. The zero-order chi connectivity index (χ0) is 27.1. The first kappa shape index (κ1) is 24.6. The number of anilines is 1. The molecular weight excluding hydrogens is 515 g/mol. The Morgan fingerprint density at radius 3 is 2.69 bits per heavy atom. The van der Waals surface area contributed by atoms with Crippen molar-refractivity contribution >= 4 is 33.4 Å². The van der Waals surface area contributed by atoms with Crippen molar-refractivity contribution in [2.24, 2.45) is 0 Å². The Balaban J connectivity index is 1.18. The molecule has 6 rings (SSSR count). The maximum Gasteiger partial charge on any atom is 0.422 e. The lowest BCUT2D eigenvalue weighted by Gasteiger charge is -2.29. The van der Waals surface area contributed by atoms with Gasteiger partial charge in [-0.2, -0.15) is 13.2 Å². The number of carbonyl (C=O) groups is 1. The van der Waals surface area contributed by atoms with E-state index in [0.29, 0.717) is 54.4 Å². The number of nitrogens with one attached hydrogen (secondary N) is 1. The predicted molar refractivity (Wildman–Crippen MR) is 135 cm³/mol. The van der Waals surface area contributed by atoms with Gasteiger partial charge in [0.15, 0.2) is 12.4 Å². The van der Waals surface area contributed by atoms with Crippen LogP contribution in [0.15, 0.2) is 48.8 Å². The third-order valence-electron chi connectivity index (χ3n) is 6.43. The van der Waals surface area contributed by atoms with Crippen molar-refractivity contribution < 1.29 is 22.7 Å². The molecule has 0 fully saturated rings. The molecule has 0 saturated carbocycles. The summed E-state index contributed by atoms with van der Waals surface area (Å²) in [7, 11) is 0. The normalized spacial score (nSPS) is 13.7. The molecular formula is C25H22F3N9O2. The van der Waals surface area contributed by atoms with Crippen molar-refractivity contribution in [3.05, 3.63) is 60.3 Å². The van der Waals surface area contributed by atoms with Gasteiger partial charge in [-0.25, -0.2) is 9.97 Å². The third-order valence-corrected chi connectivity index (χ3v) is 6.43. The number of amides is 1. The molecule has 0 spiro atoms. The molecule has 0 atom stereocenters. The summed E-state index contributed by atoms with van der Waals surface area (Å²) in [5, 5.41) is 17.7. The van der Waals surface area contributed by atoms with Gasteiger partial charge in [0.25, 0.3) is 5.91 Å². The summed E-state index contributed by atoms with van der Waals surface area (Å²) in [4.78, 5) is 24.8. The smallest absolute Gasteiger partial charge is 0.422 e. The summed E-state index contributed by atoms with van der Waals surface area (Å²) in [6.45, 7) is 2.08. The van der Waals surface area contributed by atoms with Crippen molar-refractivity contribution in [3.63, 3.8) is 0 Å². The monoisotopic (exact) mass is 537 g/mol. The number of carbonyl (C=O) groups excluding carboxylic acids is 1. The van der Waals surface area contributed by atoms with E-state index in [2.05, 4.69) is 30.7 Å². The standard InChI is InChI=1S/C25H22F3N9O2/c1-15-32-34-37(33-15)17-3-2-16-4-6-29-22(18(16)12-17)30-8-9-35-10-11-36-20-5-7-31-23(39-14-25(26,27)28)19(20)13-21(36)24(35)38/h2-7,12-13H,8-11,14H2,1H3,(H,29,30). The number of hydrogen-bond donors (Lipinski definition) is 1. The molecule has 1 aliphatic heterocycles. The molecule has 5 heterocycles. The molecule has 1 amide bonds. The topological polar surface area (TPSA) is 116 Å². The van der Waals surface area contributed by atoms with Crippen LogP contribution in [0.2, 0.25) is 0 Å². The van der Waals surface area contributed by atoms with E-state index < -0.39 is 12.8 Å². The molecule has 0 unspecified atom stereocenters. The van der Waals surface area contributed by atoms with Crippen molar-refractivity contribution in [2.75, 3.05) is 31.6 Å². The van der Waals surface area contributed by atoms with Crippen LogP contribution in [0.4, 0.5) is 19.0 Å². The minimum Gasteiger partial charge on any atom is -0.468 e. The van der Waals surface area contributed by atoms with Crippen LogP contribution in [0.5, 0.6) is 5.88 Å². The van der Waals surface area contributed by atoms with Gasteiger partial charge in [0.1, 0.15) is 11.5 Å². The van der Waals surface area contributed by atoms with Crippen LogP contribution in [0.1, 0.15) is 16.3 Å². The van der Waals surface area contributed by atoms with E-state index in [1.54, 1.807) is 34.7 Å². The van der Waals surface area contributed by atoms with Crippen LogP contribution in [0.25, 0.3) is 27.4 Å². The molecule has 0 aliphatic carbocycles. The number of aromatic nitrogens is 7. The molecule has 1 aromatic carbocycles. The third kappa shape index (κ3) is 4.80. The molecule has 0 saturated heterocycles. The first-order valence-corrected chi connectivity index (χ1v) is 12.1. The van der Waals surface area contributed by atoms with Gasteiger partial charge in [0, 0.05) is 44.0 Å². The predicted octanol–water partition coefficient (Wildman–Crippen LogP) is 3.38. The Bertz CT molecular complexity index is 1700. The fourth-order valence-corrected chi connectivity index (χ4v) is 4.67. The summed E-state index contributed by atoms with van der Waals surface area (Å²) < 4.78 is 44.7. The number of aryl methyl sites for hydroxylation is 1. The van der Waals surface area contributed by atoms with Crippen molar-refractivity contribution in [2.45, 2.75) is 19.6 Å². The lowest BCUT2D eigenvalue weighted by Crippen LogP contribution is -2.42. The lowest BCUT2D eigenvalue weighted by molar-refractivity contribution is -0.153. The summed E-state index contributed by atoms with van der Waals surface area (Å²) in [5.41, 5.74) is 1.73. The maximum absolute atomic E-state index is 13.3. The molecule has 4 aromatic heterocycles. The van der Waals surface area contributed by atoms with E-state index in [-0.39, 0.29) is 11.8 Å². The van der Waals surface area contributed by atoms with E-state index in [4.69, 9.17) is 4.74 Å². The number of pyridine rings is 2. The van der Waals surface area contributed by atoms with Crippen molar-refractivity contribution in [1.82, 2.24) is 39.6 Å². The number of rotatable bonds is 7. The largest absolute Gasteiger partial charge is 0.468 e. The van der Waals surface area contributed by atoms with Gasteiger partial charge in [0.2, 0.25) is 5.88 Å². The Labute approximate surface area is 219 Å². The van der Waals surface area contributed by atoms with Gasteiger partial charge in [-0.15, -0.1) is 15.0 Å². The maximum atomic E-state index is 13.3. The molecule has 11 nitrogen and oxygen atoms in total. The van der Waals surface area contributed by atoms with Crippen LogP contribution in [0.3, 0.4) is 0 Å². The van der Waals surface area contributed by atoms with Gasteiger partial charge in [-0.3, -0.25) is 4.79 Å². The number of ether oxygens (including phenoxy) is 1. The van der Waals surface area contributed by atoms with Gasteiger partial charge in [-0.1, -0.05) is 6.07 Å². The first-order valence-electron chi connectivity index (χ1n) is 12.1. The van der Waals surface area contributed by atoms with Gasteiger partial charge in [-0.05, 0) is 47.9 Å². The average molecular weight is 538 g/mol. The fourth-order valence-electron chi connectivity index (χ4n) is 4.67. The number of hydrogen-bond acceptors (Lipinski definition) is 8. The number of halogens is 3. The summed E-state index contributed by atoms with van der Waals surface area (Å²) in [6, 6.07) is 10.9. The number of nitrogens with zero attached hydrogens (tertiary/aromatic N) is 8. The van der Waals surface area contributed by atoms with Crippen LogP contribution in [-0.2, 0) is 6.54 Å².